The lowest BCUT2D eigenvalue weighted by Crippen LogP contribution is -2.28. The molecule has 0 amide bonds. The second-order valence-electron chi connectivity index (χ2n) is 18.1. The maximum Gasteiger partial charge on any atom is 0.123 e. The van der Waals surface area contributed by atoms with Crippen LogP contribution in [0.5, 0.6) is 11.5 Å². The van der Waals surface area contributed by atoms with Gasteiger partial charge >= 0.3 is 0 Å². The van der Waals surface area contributed by atoms with Crippen LogP contribution in [0.25, 0.3) is 0 Å². The van der Waals surface area contributed by atoms with E-state index in [9.17, 15) is 0 Å². The molecule has 2 atom stereocenters. The Labute approximate surface area is 369 Å². The molecule has 6 aromatic carbocycles. The smallest absolute Gasteiger partial charge is 0.123 e. The summed E-state index contributed by atoms with van der Waals surface area (Å²) >= 11 is 0. The van der Waals surface area contributed by atoms with Crippen LogP contribution in [0.15, 0.2) is 131 Å². The van der Waals surface area contributed by atoms with Crippen molar-refractivity contribution >= 4 is 23.8 Å². The fourth-order valence-corrected chi connectivity index (χ4v) is 11.4. The average Bonchev–Trinajstić information content (AvgIpc) is 3.33. The Morgan fingerprint density at radius 2 is 0.726 bits per heavy atom. The summed E-state index contributed by atoms with van der Waals surface area (Å²) < 4.78 is 13.8. The van der Waals surface area contributed by atoms with Gasteiger partial charge in [0.1, 0.15) is 11.5 Å². The quantitative estimate of drug-likeness (QED) is 0.0859. The van der Waals surface area contributed by atoms with E-state index in [0.717, 1.165) is 48.9 Å². The molecular weight excluding hydrogens is 757 g/mol. The molecule has 4 nitrogen and oxygen atoms in total. The van der Waals surface area contributed by atoms with Crippen molar-refractivity contribution in [2.45, 2.75) is 103 Å². The lowest BCUT2D eigenvalue weighted by molar-refractivity contribution is 0.230. The molecule has 0 saturated carbocycles. The Kier molecular flexibility index (Phi) is 11.4. The summed E-state index contributed by atoms with van der Waals surface area (Å²) in [7, 11) is 0. The highest BCUT2D eigenvalue weighted by molar-refractivity contribution is 6.17. The molecule has 2 unspecified atom stereocenters. The Morgan fingerprint density at radius 1 is 0.419 bits per heavy atom. The van der Waals surface area contributed by atoms with E-state index in [0.29, 0.717) is 11.8 Å². The molecule has 0 saturated heterocycles. The van der Waals surface area contributed by atoms with Gasteiger partial charge in [0.25, 0.3) is 0 Å². The van der Waals surface area contributed by atoms with Crippen LogP contribution in [0.4, 0.5) is 11.4 Å². The van der Waals surface area contributed by atoms with Crippen molar-refractivity contribution in [2.75, 3.05) is 13.2 Å². The van der Waals surface area contributed by atoms with Gasteiger partial charge in [-0.25, -0.2) is 0 Å². The molecule has 62 heavy (non-hydrogen) atoms. The molecular formula is C58H60N2O2. The minimum atomic E-state index is 0.0848. The van der Waals surface area contributed by atoms with Crippen LogP contribution in [-0.2, 0) is 0 Å². The first-order valence-electron chi connectivity index (χ1n) is 23.7. The summed E-state index contributed by atoms with van der Waals surface area (Å²) in [6.45, 7) is 10.6. The van der Waals surface area contributed by atoms with Gasteiger partial charge in [0.15, 0.2) is 0 Å². The summed E-state index contributed by atoms with van der Waals surface area (Å²) in [6, 6.07) is 44.8. The first kappa shape index (κ1) is 40.3. The number of hydrogen-bond donors (Lipinski definition) is 0. The van der Waals surface area contributed by atoms with Gasteiger partial charge in [0, 0.05) is 47.2 Å². The van der Waals surface area contributed by atoms with Gasteiger partial charge in [0.05, 0.1) is 24.6 Å². The van der Waals surface area contributed by atoms with Gasteiger partial charge < -0.3 is 9.47 Å². The van der Waals surface area contributed by atoms with E-state index in [-0.39, 0.29) is 23.7 Å². The summed E-state index contributed by atoms with van der Waals surface area (Å²) in [5.41, 5.74) is 18.1. The van der Waals surface area contributed by atoms with Gasteiger partial charge in [-0.3, -0.25) is 9.98 Å². The van der Waals surface area contributed by atoms with Gasteiger partial charge in [-0.2, -0.15) is 0 Å². The van der Waals surface area contributed by atoms with Crippen LogP contribution in [0, 0.1) is 11.8 Å². The highest BCUT2D eigenvalue weighted by atomic mass is 16.5. The third-order valence-electron chi connectivity index (χ3n) is 14.6. The normalized spacial score (nSPS) is 19.4. The standard InChI is InChI=1S/C58H60N2O2/c1-5-9-19-37(7-3)35-61-49-31-29-47(55-51-39-21-11-15-25-43(39)53(57(49)55)44-26-16-12-22-40(44)51)59-33-34-60-48-30-32-50(62-36-38(8-4)20-10-6-2)58-54-45-27-17-13-23-41(45)52(56(48)58)42-24-14-18-28-46(42)54/h11-18,21-34,37-38,51-54H,5-10,19-20,35-36H2,1-4H3. The van der Waals surface area contributed by atoms with E-state index in [2.05, 4.69) is 149 Å². The van der Waals surface area contributed by atoms with Crippen LogP contribution in [0.1, 0.15) is 169 Å². The fraction of sp³-hybridized carbons (Fsp3) is 0.345. The van der Waals surface area contributed by atoms with Crippen LogP contribution in [0.3, 0.4) is 0 Å². The van der Waals surface area contributed by atoms with Crippen LogP contribution < -0.4 is 9.47 Å². The van der Waals surface area contributed by atoms with Crippen molar-refractivity contribution < 1.29 is 9.47 Å². The van der Waals surface area contributed by atoms with Crippen molar-refractivity contribution in [3.63, 3.8) is 0 Å². The number of nitrogens with zero attached hydrogens (tertiary/aromatic N) is 2. The lowest BCUT2D eigenvalue weighted by Gasteiger charge is -2.43. The van der Waals surface area contributed by atoms with E-state index in [1.807, 2.05) is 12.4 Å². The molecule has 6 aromatic rings. The number of benzene rings is 6. The van der Waals surface area contributed by atoms with Crippen molar-refractivity contribution in [2.24, 2.45) is 21.8 Å². The third kappa shape index (κ3) is 6.91. The highest BCUT2D eigenvalue weighted by Gasteiger charge is 2.45. The van der Waals surface area contributed by atoms with Crippen molar-refractivity contribution in [3.05, 3.63) is 188 Å². The predicted molar refractivity (Wildman–Crippen MR) is 256 cm³/mol. The van der Waals surface area contributed by atoms with E-state index >= 15 is 0 Å². The van der Waals surface area contributed by atoms with Crippen molar-refractivity contribution in [1.82, 2.24) is 0 Å². The maximum atomic E-state index is 6.88. The molecule has 6 aliphatic carbocycles. The molecule has 12 rings (SSSR count). The van der Waals surface area contributed by atoms with Gasteiger partial charge in [0.2, 0.25) is 0 Å². The van der Waals surface area contributed by atoms with E-state index < -0.39 is 0 Å². The van der Waals surface area contributed by atoms with Gasteiger partial charge in [-0.1, -0.05) is 163 Å². The average molecular weight is 817 g/mol. The SMILES string of the molecule is CCCCC(CC)COc1ccc(N=CC=Nc2ccc(OCC(CC)CCCC)c3c2C2c4ccccc4C3c3ccccc32)c2c1C1c3ccccc3C2c2ccccc21. The highest BCUT2D eigenvalue weighted by Crippen LogP contribution is 2.61. The molecule has 0 heterocycles. The molecule has 4 bridgehead atoms. The summed E-state index contributed by atoms with van der Waals surface area (Å²) in [5, 5.41) is 0. The topological polar surface area (TPSA) is 43.2 Å². The minimum Gasteiger partial charge on any atom is -0.493 e. The summed E-state index contributed by atoms with van der Waals surface area (Å²) in [6.07, 6.45) is 13.4. The van der Waals surface area contributed by atoms with Crippen LogP contribution in [0.2, 0.25) is 0 Å². The largest absolute Gasteiger partial charge is 0.493 e. The molecule has 4 heteroatoms. The third-order valence-corrected chi connectivity index (χ3v) is 14.6. The Morgan fingerprint density at radius 3 is 1.02 bits per heavy atom. The fourth-order valence-electron chi connectivity index (χ4n) is 11.4. The lowest BCUT2D eigenvalue weighted by atomic mass is 9.60. The molecule has 314 valence electrons. The Balaban J connectivity index is 1.04. The number of hydrogen-bond acceptors (Lipinski definition) is 4. The van der Waals surface area contributed by atoms with Gasteiger partial charge in [-0.15, -0.1) is 0 Å². The van der Waals surface area contributed by atoms with E-state index in [1.165, 1.54) is 105 Å². The number of unbranched alkanes of at least 4 members (excludes halogenated alkanes) is 2. The first-order valence-corrected chi connectivity index (χ1v) is 23.7. The number of ether oxygens (including phenoxy) is 2. The number of rotatable bonds is 17. The molecule has 0 aromatic heterocycles. The van der Waals surface area contributed by atoms with Crippen molar-refractivity contribution in [3.8, 4) is 11.5 Å². The van der Waals surface area contributed by atoms with Crippen LogP contribution >= 0.6 is 0 Å². The molecule has 0 spiro atoms. The zero-order valence-electron chi connectivity index (χ0n) is 36.9. The molecule has 6 aliphatic rings. The second kappa shape index (κ2) is 17.6. The maximum absolute atomic E-state index is 6.88. The second-order valence-corrected chi connectivity index (χ2v) is 18.1. The Bertz CT molecular complexity index is 2380. The molecule has 0 fully saturated rings. The van der Waals surface area contributed by atoms with Crippen molar-refractivity contribution in [1.29, 1.82) is 0 Å². The molecule has 0 N–H and O–H groups in total. The zero-order valence-corrected chi connectivity index (χ0v) is 36.9. The first-order chi connectivity index (χ1) is 30.6. The Hall–Kier alpha value is -5.74. The van der Waals surface area contributed by atoms with E-state index in [1.54, 1.807) is 0 Å². The monoisotopic (exact) mass is 816 g/mol. The van der Waals surface area contributed by atoms with Gasteiger partial charge in [-0.05, 0) is 105 Å². The summed E-state index contributed by atoms with van der Waals surface area (Å²) in [4.78, 5) is 10.5. The zero-order chi connectivity index (χ0) is 42.2. The van der Waals surface area contributed by atoms with E-state index in [4.69, 9.17) is 19.5 Å². The minimum absolute atomic E-state index is 0.0848. The van der Waals surface area contributed by atoms with Crippen LogP contribution in [-0.4, -0.2) is 25.6 Å². The molecule has 0 aliphatic heterocycles. The molecule has 0 radical (unpaired) electrons. The number of aliphatic imine (C=N–C) groups is 2. The summed E-state index contributed by atoms with van der Waals surface area (Å²) in [5.74, 6) is 3.46. The predicted octanol–water partition coefficient (Wildman–Crippen LogP) is 15.0.